The Balaban J connectivity index is 2.94. The van der Waals surface area contributed by atoms with Gasteiger partial charge in [0.05, 0.1) is 25.8 Å². The predicted molar refractivity (Wildman–Crippen MR) is 53.6 cm³/mol. The van der Waals surface area contributed by atoms with E-state index in [-0.39, 0.29) is 5.41 Å². The fourth-order valence-corrected chi connectivity index (χ4v) is 4.85. The van der Waals surface area contributed by atoms with E-state index < -0.39 is 21.6 Å². The second-order valence-electron chi connectivity index (χ2n) is 3.93. The van der Waals surface area contributed by atoms with E-state index >= 15 is 0 Å². The second kappa shape index (κ2) is 3.42. The average Bonchev–Trinajstić information content (AvgIpc) is 2.16. The zero-order valence-electron chi connectivity index (χ0n) is 7.62. The molecule has 0 aromatic rings. The molecule has 70 valence electrons. The van der Waals surface area contributed by atoms with Crippen LogP contribution in [0.25, 0.3) is 0 Å². The van der Waals surface area contributed by atoms with Crippen molar-refractivity contribution in [1.29, 1.82) is 0 Å². The van der Waals surface area contributed by atoms with E-state index in [0.29, 0.717) is 15.7 Å². The molecule has 0 amide bonds. The molecule has 2 nitrogen and oxygen atoms in total. The van der Waals surface area contributed by atoms with Crippen LogP contribution in [0, 0.1) is 5.41 Å². The van der Waals surface area contributed by atoms with Gasteiger partial charge >= 0.3 is 0 Å². The van der Waals surface area contributed by atoms with Crippen LogP contribution in [0.2, 0.25) is 0 Å². The molecule has 0 aliphatic carbocycles. The lowest BCUT2D eigenvalue weighted by molar-refractivity contribution is 0.543. The van der Waals surface area contributed by atoms with Gasteiger partial charge in [0, 0.05) is 11.5 Å². The monoisotopic (exact) mass is 206 g/mol. The molecule has 1 heterocycles. The SMILES string of the molecule is CC(C)(C)C=C1[S@](=O)CC[S@]1=O. The first-order valence-electron chi connectivity index (χ1n) is 3.90. The molecule has 0 aromatic carbocycles. The third kappa shape index (κ3) is 2.52. The molecular formula is C8H14O2S2. The molecule has 0 spiro atoms. The molecule has 0 saturated carbocycles. The molecule has 0 unspecified atom stereocenters. The van der Waals surface area contributed by atoms with Gasteiger partial charge in [-0.1, -0.05) is 26.8 Å². The zero-order chi connectivity index (χ0) is 9.35. The molecule has 1 fully saturated rings. The summed E-state index contributed by atoms with van der Waals surface area (Å²) in [5.41, 5.74) is -0.0228. The van der Waals surface area contributed by atoms with Crippen molar-refractivity contribution in [2.75, 3.05) is 11.5 Å². The highest BCUT2D eigenvalue weighted by Gasteiger charge is 2.25. The Bertz CT molecular complexity index is 243. The largest absolute Gasteiger partial charge is 0.254 e. The number of allylic oxidation sites excluding steroid dienone is 1. The Morgan fingerprint density at radius 2 is 1.58 bits per heavy atom. The maximum absolute atomic E-state index is 11.3. The van der Waals surface area contributed by atoms with E-state index in [4.69, 9.17) is 0 Å². The predicted octanol–water partition coefficient (Wildman–Crippen LogP) is 1.38. The maximum atomic E-state index is 11.3. The number of hydrogen-bond acceptors (Lipinski definition) is 2. The maximum Gasteiger partial charge on any atom is 0.0994 e. The summed E-state index contributed by atoms with van der Waals surface area (Å²) in [4.78, 5) is 0. The van der Waals surface area contributed by atoms with Gasteiger partial charge in [-0.25, -0.2) is 0 Å². The lowest BCUT2D eigenvalue weighted by Gasteiger charge is -2.12. The first-order valence-corrected chi connectivity index (χ1v) is 6.53. The van der Waals surface area contributed by atoms with E-state index in [9.17, 15) is 8.42 Å². The van der Waals surface area contributed by atoms with Crippen molar-refractivity contribution in [2.24, 2.45) is 5.41 Å². The molecule has 1 aliphatic heterocycles. The van der Waals surface area contributed by atoms with Gasteiger partial charge in [0.25, 0.3) is 0 Å². The Morgan fingerprint density at radius 3 is 1.92 bits per heavy atom. The molecule has 1 saturated heterocycles. The van der Waals surface area contributed by atoms with Gasteiger partial charge in [0.2, 0.25) is 0 Å². The van der Waals surface area contributed by atoms with Crippen molar-refractivity contribution in [1.82, 2.24) is 0 Å². The van der Waals surface area contributed by atoms with E-state index in [1.807, 2.05) is 26.8 Å². The van der Waals surface area contributed by atoms with Crippen LogP contribution in [0.4, 0.5) is 0 Å². The summed E-state index contributed by atoms with van der Waals surface area (Å²) < 4.78 is 23.3. The highest BCUT2D eigenvalue weighted by Crippen LogP contribution is 2.24. The Kier molecular flexibility index (Phi) is 2.88. The molecule has 1 rings (SSSR count). The van der Waals surface area contributed by atoms with Crippen LogP contribution >= 0.6 is 0 Å². The van der Waals surface area contributed by atoms with Crippen LogP contribution in [-0.4, -0.2) is 19.9 Å². The third-order valence-electron chi connectivity index (χ3n) is 1.45. The molecule has 4 heteroatoms. The standard InChI is InChI=1S/C8H14O2S2/c1-8(2,3)6-7-11(9)4-5-12(7)10/h6H,4-5H2,1-3H3/t11-,12-/m1/s1. The van der Waals surface area contributed by atoms with Gasteiger partial charge in [-0.05, 0) is 5.41 Å². The van der Waals surface area contributed by atoms with E-state index in [0.717, 1.165) is 0 Å². The van der Waals surface area contributed by atoms with Crippen molar-refractivity contribution in [3.8, 4) is 0 Å². The van der Waals surface area contributed by atoms with Crippen LogP contribution in [0.15, 0.2) is 10.3 Å². The van der Waals surface area contributed by atoms with E-state index in [1.165, 1.54) is 0 Å². The minimum absolute atomic E-state index is 0.0228. The molecule has 0 bridgehead atoms. The first kappa shape index (κ1) is 10.1. The molecule has 1 aliphatic rings. The molecule has 0 aromatic heterocycles. The van der Waals surface area contributed by atoms with E-state index in [1.54, 1.807) is 0 Å². The lowest BCUT2D eigenvalue weighted by atomic mass is 9.98. The molecule has 2 atom stereocenters. The summed E-state index contributed by atoms with van der Waals surface area (Å²) >= 11 is 0. The highest BCUT2D eigenvalue weighted by atomic mass is 32.2. The third-order valence-corrected chi connectivity index (χ3v) is 5.11. The first-order chi connectivity index (χ1) is 5.40. The quantitative estimate of drug-likeness (QED) is 0.600. The molecule has 0 radical (unpaired) electrons. The summed E-state index contributed by atoms with van der Waals surface area (Å²) in [6.07, 6.45) is 1.88. The summed E-state index contributed by atoms with van der Waals surface area (Å²) in [6, 6.07) is 0. The molecule has 12 heavy (non-hydrogen) atoms. The summed E-state index contributed by atoms with van der Waals surface area (Å²) in [7, 11) is -1.95. The Morgan fingerprint density at radius 1 is 1.17 bits per heavy atom. The van der Waals surface area contributed by atoms with Crippen LogP contribution in [0.5, 0.6) is 0 Å². The van der Waals surface area contributed by atoms with Crippen molar-refractivity contribution in [2.45, 2.75) is 20.8 Å². The summed E-state index contributed by atoms with van der Waals surface area (Å²) in [5.74, 6) is 1.13. The van der Waals surface area contributed by atoms with Crippen molar-refractivity contribution in [3.63, 3.8) is 0 Å². The number of hydrogen-bond donors (Lipinski definition) is 0. The minimum atomic E-state index is -0.976. The van der Waals surface area contributed by atoms with Gasteiger partial charge in [-0.15, -0.1) is 0 Å². The Labute approximate surface area is 78.3 Å². The Hall–Kier alpha value is 0.0400. The molecule has 0 N–H and O–H groups in total. The summed E-state index contributed by atoms with van der Waals surface area (Å²) in [5, 5.41) is 0. The van der Waals surface area contributed by atoms with Crippen molar-refractivity contribution in [3.05, 3.63) is 10.3 Å². The zero-order valence-corrected chi connectivity index (χ0v) is 9.26. The highest BCUT2D eigenvalue weighted by molar-refractivity contribution is 8.11. The second-order valence-corrected chi connectivity index (χ2v) is 7.27. The van der Waals surface area contributed by atoms with Crippen LogP contribution in [-0.2, 0) is 21.6 Å². The average molecular weight is 206 g/mol. The van der Waals surface area contributed by atoms with Crippen LogP contribution in [0.1, 0.15) is 20.8 Å². The van der Waals surface area contributed by atoms with Gasteiger partial charge < -0.3 is 0 Å². The van der Waals surface area contributed by atoms with E-state index in [2.05, 4.69) is 0 Å². The van der Waals surface area contributed by atoms with Gasteiger partial charge in [-0.2, -0.15) is 0 Å². The van der Waals surface area contributed by atoms with Crippen LogP contribution < -0.4 is 0 Å². The normalized spacial score (nSPS) is 30.8. The fraction of sp³-hybridized carbons (Fsp3) is 0.750. The topological polar surface area (TPSA) is 34.1 Å². The van der Waals surface area contributed by atoms with Gasteiger partial charge in [-0.3, -0.25) is 8.42 Å². The summed E-state index contributed by atoms with van der Waals surface area (Å²) in [6.45, 7) is 6.06. The fourth-order valence-electron chi connectivity index (χ4n) is 0.941. The minimum Gasteiger partial charge on any atom is -0.254 e. The van der Waals surface area contributed by atoms with Crippen molar-refractivity contribution >= 4 is 21.6 Å². The smallest absolute Gasteiger partial charge is 0.0994 e. The number of rotatable bonds is 0. The lowest BCUT2D eigenvalue weighted by Crippen LogP contribution is -2.03. The van der Waals surface area contributed by atoms with Gasteiger partial charge in [0.15, 0.2) is 0 Å². The van der Waals surface area contributed by atoms with Crippen LogP contribution in [0.3, 0.4) is 0 Å². The molecular weight excluding hydrogens is 192 g/mol. The van der Waals surface area contributed by atoms with Crippen molar-refractivity contribution < 1.29 is 8.42 Å². The van der Waals surface area contributed by atoms with Gasteiger partial charge in [0.1, 0.15) is 0 Å².